The fraction of sp³-hybridized carbons (Fsp3) is 0.304. The van der Waals surface area contributed by atoms with Crippen molar-refractivity contribution >= 4 is 11.7 Å². The van der Waals surface area contributed by atoms with Gasteiger partial charge in [-0.2, -0.15) is 4.98 Å². The highest BCUT2D eigenvalue weighted by molar-refractivity contribution is 5.99. The van der Waals surface area contributed by atoms with Crippen LogP contribution in [0.1, 0.15) is 40.1 Å². The van der Waals surface area contributed by atoms with Gasteiger partial charge in [-0.25, -0.2) is 0 Å². The summed E-state index contributed by atoms with van der Waals surface area (Å²) in [4.78, 5) is 33.3. The number of rotatable bonds is 5. The van der Waals surface area contributed by atoms with Crippen LogP contribution < -0.4 is 0 Å². The lowest BCUT2D eigenvalue weighted by Gasteiger charge is -2.22. The first kappa shape index (κ1) is 20.0. The highest BCUT2D eigenvalue weighted by Crippen LogP contribution is 2.31. The van der Waals surface area contributed by atoms with E-state index >= 15 is 0 Å². The molecule has 1 saturated heterocycles. The van der Waals surface area contributed by atoms with E-state index < -0.39 is 6.04 Å². The molecule has 0 aliphatic carbocycles. The summed E-state index contributed by atoms with van der Waals surface area (Å²) < 4.78 is 5.29. The van der Waals surface area contributed by atoms with Gasteiger partial charge in [-0.05, 0) is 49.8 Å². The molecule has 0 spiro atoms. The van der Waals surface area contributed by atoms with Gasteiger partial charge in [-0.1, -0.05) is 41.6 Å². The summed E-state index contributed by atoms with van der Waals surface area (Å²) in [6.07, 6.45) is 0.202. The third kappa shape index (κ3) is 4.02. The predicted molar refractivity (Wildman–Crippen MR) is 112 cm³/mol. The van der Waals surface area contributed by atoms with Gasteiger partial charge in [0, 0.05) is 12.0 Å². The molecular weight excluding hydrogens is 380 g/mol. The summed E-state index contributed by atoms with van der Waals surface area (Å²) in [5.41, 5.74) is 3.72. The van der Waals surface area contributed by atoms with Crippen LogP contribution in [-0.4, -0.2) is 52.3 Å². The van der Waals surface area contributed by atoms with Crippen molar-refractivity contribution in [2.75, 3.05) is 20.6 Å². The van der Waals surface area contributed by atoms with Crippen LogP contribution in [0, 0.1) is 6.92 Å². The fourth-order valence-electron chi connectivity index (χ4n) is 3.78. The molecular formula is C23H24N4O3. The number of benzene rings is 2. The van der Waals surface area contributed by atoms with E-state index in [1.54, 1.807) is 4.90 Å². The highest BCUT2D eigenvalue weighted by atomic mass is 16.5. The minimum absolute atomic E-state index is 0.00932. The molecule has 4 rings (SSSR count). The van der Waals surface area contributed by atoms with Gasteiger partial charge in [-0.3, -0.25) is 9.59 Å². The molecule has 1 aromatic heterocycles. The van der Waals surface area contributed by atoms with E-state index in [0.717, 1.165) is 16.7 Å². The number of nitrogens with zero attached hydrogens (tertiary/aromatic N) is 4. The molecule has 2 heterocycles. The van der Waals surface area contributed by atoms with Crippen molar-refractivity contribution in [1.29, 1.82) is 0 Å². The second kappa shape index (κ2) is 8.20. The summed E-state index contributed by atoms with van der Waals surface area (Å²) in [5.74, 6) is 0.631. The van der Waals surface area contributed by atoms with Crippen LogP contribution in [0.3, 0.4) is 0 Å². The van der Waals surface area contributed by atoms with E-state index in [4.69, 9.17) is 4.52 Å². The first-order valence-electron chi connectivity index (χ1n) is 9.88. The molecule has 1 amide bonds. The maximum atomic E-state index is 13.2. The second-order valence-electron chi connectivity index (χ2n) is 7.87. The van der Waals surface area contributed by atoms with Crippen LogP contribution in [0.25, 0.3) is 11.1 Å². The Morgan fingerprint density at radius 2 is 1.97 bits per heavy atom. The molecule has 0 N–H and O–H groups in total. The van der Waals surface area contributed by atoms with Crippen LogP contribution >= 0.6 is 0 Å². The molecule has 30 heavy (non-hydrogen) atoms. The SMILES string of the molecule is Cc1cc(C(=O)N2CC(=O)CC2c2noc(CN(C)C)n2)ccc1-c1ccccc1. The zero-order chi connectivity index (χ0) is 21.3. The van der Waals surface area contributed by atoms with E-state index in [1.807, 2.05) is 74.4 Å². The number of hydrogen-bond acceptors (Lipinski definition) is 6. The fourth-order valence-corrected chi connectivity index (χ4v) is 3.78. The molecule has 7 nitrogen and oxygen atoms in total. The Morgan fingerprint density at radius 1 is 1.20 bits per heavy atom. The molecule has 1 unspecified atom stereocenters. The van der Waals surface area contributed by atoms with E-state index in [9.17, 15) is 9.59 Å². The third-order valence-electron chi connectivity index (χ3n) is 5.20. The van der Waals surface area contributed by atoms with Gasteiger partial charge in [-0.15, -0.1) is 0 Å². The highest BCUT2D eigenvalue weighted by Gasteiger charge is 2.38. The molecule has 154 valence electrons. The Kier molecular flexibility index (Phi) is 5.46. The van der Waals surface area contributed by atoms with Gasteiger partial charge >= 0.3 is 0 Å². The molecule has 0 saturated carbocycles. The monoisotopic (exact) mass is 404 g/mol. The van der Waals surface area contributed by atoms with E-state index in [2.05, 4.69) is 10.1 Å². The first-order chi connectivity index (χ1) is 14.4. The Morgan fingerprint density at radius 3 is 2.67 bits per heavy atom. The number of carbonyl (C=O) groups is 2. The van der Waals surface area contributed by atoms with Crippen LogP contribution in [0.2, 0.25) is 0 Å². The maximum absolute atomic E-state index is 13.2. The van der Waals surface area contributed by atoms with Crippen LogP contribution in [0.5, 0.6) is 0 Å². The van der Waals surface area contributed by atoms with E-state index in [1.165, 1.54) is 0 Å². The Balaban J connectivity index is 1.59. The number of carbonyl (C=O) groups excluding carboxylic acids is 2. The summed E-state index contributed by atoms with van der Waals surface area (Å²) in [5, 5.41) is 4.02. The van der Waals surface area contributed by atoms with Crippen molar-refractivity contribution in [1.82, 2.24) is 19.9 Å². The number of amides is 1. The average molecular weight is 404 g/mol. The number of aryl methyl sites for hydroxylation is 1. The predicted octanol–water partition coefficient (Wildman–Crippen LogP) is 3.26. The quantitative estimate of drug-likeness (QED) is 0.649. The van der Waals surface area contributed by atoms with Gasteiger partial charge in [0.05, 0.1) is 13.1 Å². The van der Waals surface area contributed by atoms with Crippen molar-refractivity contribution in [3.8, 4) is 11.1 Å². The molecule has 1 fully saturated rings. The number of hydrogen-bond donors (Lipinski definition) is 0. The molecule has 1 aliphatic heterocycles. The van der Waals surface area contributed by atoms with Crippen LogP contribution in [0.15, 0.2) is 53.1 Å². The smallest absolute Gasteiger partial charge is 0.254 e. The molecule has 1 aliphatic rings. The molecule has 0 bridgehead atoms. The van der Waals surface area contributed by atoms with Crippen molar-refractivity contribution in [2.24, 2.45) is 0 Å². The van der Waals surface area contributed by atoms with Crippen LogP contribution in [0.4, 0.5) is 0 Å². The minimum Gasteiger partial charge on any atom is -0.338 e. The Bertz CT molecular complexity index is 1080. The summed E-state index contributed by atoms with van der Waals surface area (Å²) in [6.45, 7) is 2.54. The first-order valence-corrected chi connectivity index (χ1v) is 9.88. The summed E-state index contributed by atoms with van der Waals surface area (Å²) in [6, 6.07) is 15.2. The zero-order valence-electron chi connectivity index (χ0n) is 17.3. The second-order valence-corrected chi connectivity index (χ2v) is 7.87. The Hall–Kier alpha value is -3.32. The van der Waals surface area contributed by atoms with Gasteiger partial charge in [0.1, 0.15) is 6.04 Å². The normalized spacial score (nSPS) is 16.5. The lowest BCUT2D eigenvalue weighted by molar-refractivity contribution is -0.116. The molecule has 0 radical (unpaired) electrons. The van der Waals surface area contributed by atoms with Gasteiger partial charge in [0.15, 0.2) is 11.6 Å². The Labute approximate surface area is 175 Å². The third-order valence-corrected chi connectivity index (χ3v) is 5.20. The molecule has 1 atom stereocenters. The standard InChI is InChI=1S/C23H24N4O3/c1-15-11-17(9-10-19(15)16-7-5-4-6-8-16)23(29)27-13-18(28)12-20(27)22-24-21(30-25-22)14-26(2)3/h4-11,20H,12-14H2,1-3H3. The van der Waals surface area contributed by atoms with Crippen molar-refractivity contribution in [2.45, 2.75) is 25.9 Å². The van der Waals surface area contributed by atoms with Crippen molar-refractivity contribution in [3.05, 3.63) is 71.4 Å². The van der Waals surface area contributed by atoms with Gasteiger partial charge in [0.25, 0.3) is 5.91 Å². The van der Waals surface area contributed by atoms with Crippen molar-refractivity contribution < 1.29 is 14.1 Å². The molecule has 7 heteroatoms. The number of likely N-dealkylation sites (tertiary alicyclic amines) is 1. The van der Waals surface area contributed by atoms with Crippen LogP contribution in [-0.2, 0) is 11.3 Å². The lowest BCUT2D eigenvalue weighted by Crippen LogP contribution is -2.31. The van der Waals surface area contributed by atoms with Gasteiger partial charge < -0.3 is 14.3 Å². The van der Waals surface area contributed by atoms with Gasteiger partial charge in [0.2, 0.25) is 5.89 Å². The van der Waals surface area contributed by atoms with E-state index in [0.29, 0.717) is 23.8 Å². The minimum atomic E-state index is -0.501. The van der Waals surface area contributed by atoms with E-state index in [-0.39, 0.29) is 24.7 Å². The number of ketones is 1. The zero-order valence-corrected chi connectivity index (χ0v) is 17.3. The summed E-state index contributed by atoms with van der Waals surface area (Å²) >= 11 is 0. The molecule has 2 aromatic carbocycles. The van der Waals surface area contributed by atoms with Crippen molar-refractivity contribution in [3.63, 3.8) is 0 Å². The lowest BCUT2D eigenvalue weighted by atomic mass is 9.98. The molecule has 3 aromatic rings. The maximum Gasteiger partial charge on any atom is 0.254 e. The number of Topliss-reactive ketones (excluding diaryl/α,β-unsaturated/α-hetero) is 1. The topological polar surface area (TPSA) is 79.5 Å². The largest absolute Gasteiger partial charge is 0.338 e. The summed E-state index contributed by atoms with van der Waals surface area (Å²) in [7, 11) is 3.81. The average Bonchev–Trinajstić information content (AvgIpc) is 3.33. The number of aromatic nitrogens is 2.